The third-order valence-corrected chi connectivity index (χ3v) is 5.96. The summed E-state index contributed by atoms with van der Waals surface area (Å²) in [6.07, 6.45) is 5.29. The second-order valence-corrected chi connectivity index (χ2v) is 8.02. The van der Waals surface area contributed by atoms with Crippen LogP contribution in [-0.2, 0) is 4.74 Å². The highest BCUT2D eigenvalue weighted by molar-refractivity contribution is 14.0. The third-order valence-electron chi connectivity index (χ3n) is 5.67. The Morgan fingerprint density at radius 1 is 1.31 bits per heavy atom. The molecular weight excluding hydrogens is 503 g/mol. The van der Waals surface area contributed by atoms with Crippen LogP contribution in [0.5, 0.6) is 0 Å². The molecule has 2 N–H and O–H groups in total. The van der Waals surface area contributed by atoms with Gasteiger partial charge in [0, 0.05) is 52.6 Å². The van der Waals surface area contributed by atoms with Gasteiger partial charge in [-0.05, 0) is 50.4 Å². The van der Waals surface area contributed by atoms with Gasteiger partial charge in [-0.1, -0.05) is 11.6 Å². The second kappa shape index (κ2) is 12.8. The Bertz CT molecular complexity index is 641. The van der Waals surface area contributed by atoms with Gasteiger partial charge in [0.15, 0.2) is 5.96 Å². The zero-order chi connectivity index (χ0) is 19.8. The highest BCUT2D eigenvalue weighted by Crippen LogP contribution is 2.25. The molecule has 3 heterocycles. The third kappa shape index (κ3) is 7.41. The summed E-state index contributed by atoms with van der Waals surface area (Å²) in [5.74, 6) is 2.46. The fourth-order valence-electron chi connectivity index (χ4n) is 3.94. The molecule has 0 amide bonds. The SMILES string of the molecule is CN=C(NCC1CCN(CCOC)CC1)NC1CCN(c2ncccc2Cl)C1.I. The first-order valence-electron chi connectivity index (χ1n) is 10.2. The van der Waals surface area contributed by atoms with E-state index in [4.69, 9.17) is 16.3 Å². The van der Waals surface area contributed by atoms with E-state index in [2.05, 4.69) is 30.4 Å². The van der Waals surface area contributed by atoms with Crippen molar-refractivity contribution in [1.29, 1.82) is 0 Å². The number of rotatable bonds is 7. The molecule has 0 bridgehead atoms. The Hall–Kier alpha value is -0.840. The van der Waals surface area contributed by atoms with Crippen molar-refractivity contribution in [3.05, 3.63) is 23.4 Å². The van der Waals surface area contributed by atoms with Gasteiger partial charge in [0.2, 0.25) is 0 Å². The molecule has 0 radical (unpaired) electrons. The van der Waals surface area contributed by atoms with Gasteiger partial charge < -0.3 is 25.2 Å². The Morgan fingerprint density at radius 2 is 2.10 bits per heavy atom. The molecule has 0 saturated carbocycles. The van der Waals surface area contributed by atoms with E-state index in [1.54, 1.807) is 13.3 Å². The van der Waals surface area contributed by atoms with E-state index in [0.717, 1.165) is 64.1 Å². The molecule has 1 atom stereocenters. The zero-order valence-electron chi connectivity index (χ0n) is 17.4. The largest absolute Gasteiger partial charge is 0.383 e. The number of hydrogen-bond acceptors (Lipinski definition) is 5. The highest BCUT2D eigenvalue weighted by Gasteiger charge is 2.26. The summed E-state index contributed by atoms with van der Waals surface area (Å²) in [5, 5.41) is 7.80. The van der Waals surface area contributed by atoms with Gasteiger partial charge in [-0.2, -0.15) is 0 Å². The molecule has 164 valence electrons. The van der Waals surface area contributed by atoms with Crippen LogP contribution in [0.4, 0.5) is 5.82 Å². The first-order valence-corrected chi connectivity index (χ1v) is 10.6. The van der Waals surface area contributed by atoms with E-state index in [9.17, 15) is 0 Å². The molecule has 1 unspecified atom stereocenters. The molecule has 1 aromatic heterocycles. The van der Waals surface area contributed by atoms with Crippen LogP contribution in [0.3, 0.4) is 0 Å². The Kier molecular flexibility index (Phi) is 10.8. The topological polar surface area (TPSA) is 65.0 Å². The molecule has 0 spiro atoms. The van der Waals surface area contributed by atoms with Crippen molar-refractivity contribution in [3.8, 4) is 0 Å². The summed E-state index contributed by atoms with van der Waals surface area (Å²) >= 11 is 6.29. The second-order valence-electron chi connectivity index (χ2n) is 7.62. The summed E-state index contributed by atoms with van der Waals surface area (Å²) in [6, 6.07) is 4.11. The first-order chi connectivity index (χ1) is 13.7. The quantitative estimate of drug-likeness (QED) is 0.317. The number of anilines is 1. The molecule has 0 aliphatic carbocycles. The summed E-state index contributed by atoms with van der Waals surface area (Å²) in [4.78, 5) is 13.6. The molecule has 2 fully saturated rings. The van der Waals surface area contributed by atoms with Crippen molar-refractivity contribution in [1.82, 2.24) is 20.5 Å². The Balaban J connectivity index is 0.00000300. The Labute approximate surface area is 196 Å². The van der Waals surface area contributed by atoms with Crippen LogP contribution < -0.4 is 15.5 Å². The van der Waals surface area contributed by atoms with E-state index in [-0.39, 0.29) is 24.0 Å². The van der Waals surface area contributed by atoms with Crippen molar-refractivity contribution in [2.24, 2.45) is 10.9 Å². The number of nitrogens with one attached hydrogen (secondary N) is 2. The zero-order valence-corrected chi connectivity index (χ0v) is 20.5. The number of hydrogen-bond donors (Lipinski definition) is 2. The predicted molar refractivity (Wildman–Crippen MR) is 131 cm³/mol. The van der Waals surface area contributed by atoms with Crippen LogP contribution in [0.1, 0.15) is 19.3 Å². The first kappa shape index (κ1) is 24.4. The number of pyridine rings is 1. The summed E-state index contributed by atoms with van der Waals surface area (Å²) in [5.41, 5.74) is 0. The van der Waals surface area contributed by atoms with Crippen molar-refractivity contribution in [3.63, 3.8) is 0 Å². The monoisotopic (exact) mass is 536 g/mol. The van der Waals surface area contributed by atoms with Gasteiger partial charge in [0.05, 0.1) is 11.6 Å². The number of ether oxygens (including phenoxy) is 1. The van der Waals surface area contributed by atoms with Crippen LogP contribution >= 0.6 is 35.6 Å². The van der Waals surface area contributed by atoms with Crippen LogP contribution in [-0.4, -0.2) is 81.9 Å². The van der Waals surface area contributed by atoms with Crippen LogP contribution in [0, 0.1) is 5.92 Å². The molecule has 7 nitrogen and oxygen atoms in total. The van der Waals surface area contributed by atoms with Crippen molar-refractivity contribution >= 4 is 47.4 Å². The minimum absolute atomic E-state index is 0. The average Bonchev–Trinajstić information content (AvgIpc) is 3.19. The van der Waals surface area contributed by atoms with Gasteiger partial charge in [-0.15, -0.1) is 24.0 Å². The van der Waals surface area contributed by atoms with Crippen molar-refractivity contribution in [2.45, 2.75) is 25.3 Å². The minimum atomic E-state index is 0. The molecule has 3 rings (SSSR count). The van der Waals surface area contributed by atoms with Crippen LogP contribution in [0.15, 0.2) is 23.3 Å². The molecule has 0 aromatic carbocycles. The highest BCUT2D eigenvalue weighted by atomic mass is 127. The van der Waals surface area contributed by atoms with Crippen LogP contribution in [0.2, 0.25) is 5.02 Å². The number of nitrogens with zero attached hydrogens (tertiary/aromatic N) is 4. The van der Waals surface area contributed by atoms with E-state index < -0.39 is 0 Å². The fourth-order valence-corrected chi connectivity index (χ4v) is 4.19. The average molecular weight is 537 g/mol. The van der Waals surface area contributed by atoms with E-state index in [1.807, 2.05) is 19.2 Å². The predicted octanol–water partition coefficient (Wildman–Crippen LogP) is 2.46. The van der Waals surface area contributed by atoms with E-state index >= 15 is 0 Å². The maximum Gasteiger partial charge on any atom is 0.191 e. The smallest absolute Gasteiger partial charge is 0.191 e. The van der Waals surface area contributed by atoms with E-state index in [0.29, 0.717) is 17.0 Å². The number of aromatic nitrogens is 1. The molecule has 2 aliphatic heterocycles. The fraction of sp³-hybridized carbons (Fsp3) is 0.700. The number of likely N-dealkylation sites (tertiary alicyclic amines) is 1. The number of methoxy groups -OCH3 is 1. The van der Waals surface area contributed by atoms with E-state index in [1.165, 1.54) is 12.8 Å². The molecule has 2 saturated heterocycles. The lowest BCUT2D eigenvalue weighted by Crippen LogP contribution is -2.47. The van der Waals surface area contributed by atoms with Crippen molar-refractivity contribution in [2.75, 3.05) is 64.9 Å². The molecule has 2 aliphatic rings. The lowest BCUT2D eigenvalue weighted by molar-refractivity contribution is 0.121. The van der Waals surface area contributed by atoms with Gasteiger partial charge in [-0.25, -0.2) is 4.98 Å². The number of aliphatic imine (C=N–C) groups is 1. The van der Waals surface area contributed by atoms with Gasteiger partial charge >= 0.3 is 0 Å². The minimum Gasteiger partial charge on any atom is -0.383 e. The summed E-state index contributed by atoms with van der Waals surface area (Å²) in [7, 11) is 3.61. The Morgan fingerprint density at radius 3 is 2.79 bits per heavy atom. The number of guanidine groups is 1. The summed E-state index contributed by atoms with van der Waals surface area (Å²) < 4.78 is 5.18. The molecule has 1 aromatic rings. The standard InChI is InChI=1S/C20H33ClN6O.HI/c1-22-20(24-14-16-5-9-26(10-6-16)12-13-28-2)25-17-7-11-27(15-17)19-18(21)4-3-8-23-19;/h3-4,8,16-17H,5-7,9-15H2,1-2H3,(H2,22,24,25);1H. The van der Waals surface area contributed by atoms with Gasteiger partial charge in [-0.3, -0.25) is 4.99 Å². The molecule has 9 heteroatoms. The maximum atomic E-state index is 6.29. The molecule has 29 heavy (non-hydrogen) atoms. The van der Waals surface area contributed by atoms with Crippen molar-refractivity contribution < 1.29 is 4.74 Å². The maximum absolute atomic E-state index is 6.29. The van der Waals surface area contributed by atoms with Gasteiger partial charge in [0.25, 0.3) is 0 Å². The lowest BCUT2D eigenvalue weighted by Gasteiger charge is -2.32. The molecular formula is C20H34ClIN6O. The number of halogens is 2. The summed E-state index contributed by atoms with van der Waals surface area (Å²) in [6.45, 7) is 6.98. The lowest BCUT2D eigenvalue weighted by atomic mass is 9.97. The van der Waals surface area contributed by atoms with Gasteiger partial charge in [0.1, 0.15) is 5.82 Å². The van der Waals surface area contributed by atoms with Crippen LogP contribution in [0.25, 0.3) is 0 Å². The normalized spacial score (nSPS) is 21.1. The number of piperidine rings is 1.